The molecule has 2 heterocycles. The fourth-order valence-electron chi connectivity index (χ4n) is 3.63. The average Bonchev–Trinajstić information content (AvgIpc) is 3.07. The van der Waals surface area contributed by atoms with Crippen molar-refractivity contribution in [1.29, 1.82) is 0 Å². The van der Waals surface area contributed by atoms with Gasteiger partial charge in [0.15, 0.2) is 0 Å². The van der Waals surface area contributed by atoms with Crippen molar-refractivity contribution in [3.63, 3.8) is 0 Å². The molecule has 1 saturated carbocycles. The number of amides is 1. The van der Waals surface area contributed by atoms with E-state index in [1.807, 2.05) is 4.90 Å². The predicted molar refractivity (Wildman–Crippen MR) is 91.0 cm³/mol. The molecule has 2 aliphatic rings. The number of anilines is 1. The van der Waals surface area contributed by atoms with Gasteiger partial charge < -0.3 is 9.80 Å². The van der Waals surface area contributed by atoms with Crippen LogP contribution in [-0.4, -0.2) is 47.0 Å². The Kier molecular flexibility index (Phi) is 4.13. The monoisotopic (exact) mass is 314 g/mol. The van der Waals surface area contributed by atoms with E-state index in [2.05, 4.69) is 48.6 Å². The van der Waals surface area contributed by atoms with E-state index in [1.54, 1.807) is 18.6 Å². The van der Waals surface area contributed by atoms with Crippen LogP contribution in [0.5, 0.6) is 0 Å². The normalized spacial score (nSPS) is 25.9. The van der Waals surface area contributed by atoms with E-state index in [4.69, 9.17) is 0 Å². The lowest BCUT2D eigenvalue weighted by Gasteiger charge is -2.35. The van der Waals surface area contributed by atoms with Crippen molar-refractivity contribution in [1.82, 2.24) is 14.9 Å². The Bertz CT molecular complexity index is 599. The number of carbonyl (C=O) groups excluding carboxylic acids is 1. The number of nitrogens with zero attached hydrogens (tertiary/aromatic N) is 4. The van der Waals surface area contributed by atoms with Crippen LogP contribution in [0.4, 0.5) is 5.82 Å². The minimum atomic E-state index is 0.0936. The third-order valence-corrected chi connectivity index (χ3v) is 5.15. The second-order valence-corrected chi connectivity index (χ2v) is 7.44. The first-order valence-electron chi connectivity index (χ1n) is 8.36. The minimum absolute atomic E-state index is 0.0936. The zero-order valence-electron chi connectivity index (χ0n) is 14.5. The number of allylic oxidation sites excluding steroid dienone is 2. The Morgan fingerprint density at radius 1 is 1.22 bits per heavy atom. The first-order valence-corrected chi connectivity index (χ1v) is 8.36. The largest absolute Gasteiger partial charge is 0.352 e. The molecule has 5 nitrogen and oxygen atoms in total. The van der Waals surface area contributed by atoms with Gasteiger partial charge in [0.1, 0.15) is 5.82 Å². The number of aromatic nitrogens is 2. The molecule has 124 valence electrons. The topological polar surface area (TPSA) is 49.3 Å². The maximum absolute atomic E-state index is 12.9. The standard InChI is InChI=1S/C18H26N4O/c1-13(2)11-14-16(18(14,3)4)17(23)22-9-7-21(8-10-22)15-12-19-5-6-20-15/h5-6,11-12,14,16H,7-10H2,1-4H3/t14-,16+/m1/s1. The quantitative estimate of drug-likeness (QED) is 0.804. The van der Waals surface area contributed by atoms with Crippen LogP contribution in [0, 0.1) is 17.3 Å². The van der Waals surface area contributed by atoms with E-state index in [1.165, 1.54) is 5.57 Å². The lowest BCUT2D eigenvalue weighted by Crippen LogP contribution is -2.49. The number of carbonyl (C=O) groups is 1. The first kappa shape index (κ1) is 16.0. The van der Waals surface area contributed by atoms with E-state index in [-0.39, 0.29) is 11.3 Å². The summed E-state index contributed by atoms with van der Waals surface area (Å²) < 4.78 is 0. The van der Waals surface area contributed by atoms with Crippen molar-refractivity contribution in [2.75, 3.05) is 31.1 Å². The Morgan fingerprint density at radius 2 is 1.91 bits per heavy atom. The van der Waals surface area contributed by atoms with E-state index in [0.717, 1.165) is 32.0 Å². The van der Waals surface area contributed by atoms with Crippen LogP contribution >= 0.6 is 0 Å². The SMILES string of the molecule is CC(C)=C[C@@H]1[C@@H](C(=O)N2CCN(c3cnccn3)CC2)C1(C)C. The molecule has 5 heteroatoms. The fraction of sp³-hybridized carbons (Fsp3) is 0.611. The van der Waals surface area contributed by atoms with Crippen LogP contribution in [-0.2, 0) is 4.79 Å². The molecule has 1 saturated heterocycles. The molecule has 0 radical (unpaired) electrons. The minimum Gasteiger partial charge on any atom is -0.352 e. The van der Waals surface area contributed by atoms with Crippen LogP contribution in [0.2, 0.25) is 0 Å². The molecule has 0 bridgehead atoms. The Balaban J connectivity index is 1.60. The molecule has 0 unspecified atom stereocenters. The second-order valence-electron chi connectivity index (χ2n) is 7.44. The van der Waals surface area contributed by atoms with Crippen LogP contribution in [0.1, 0.15) is 27.7 Å². The summed E-state index contributed by atoms with van der Waals surface area (Å²) in [5.74, 6) is 1.74. The van der Waals surface area contributed by atoms with Crippen LogP contribution in [0.15, 0.2) is 30.2 Å². The van der Waals surface area contributed by atoms with E-state index < -0.39 is 0 Å². The maximum Gasteiger partial charge on any atom is 0.226 e. The third kappa shape index (κ3) is 3.09. The van der Waals surface area contributed by atoms with Gasteiger partial charge in [0.05, 0.1) is 12.1 Å². The smallest absolute Gasteiger partial charge is 0.226 e. The molecular formula is C18H26N4O. The predicted octanol–water partition coefficient (Wildman–Crippen LogP) is 2.36. The molecule has 3 rings (SSSR count). The highest BCUT2D eigenvalue weighted by atomic mass is 16.2. The lowest BCUT2D eigenvalue weighted by molar-refractivity contribution is -0.133. The molecule has 1 aliphatic carbocycles. The third-order valence-electron chi connectivity index (χ3n) is 5.15. The molecule has 23 heavy (non-hydrogen) atoms. The van der Waals surface area contributed by atoms with Gasteiger partial charge in [-0.25, -0.2) is 4.98 Å². The van der Waals surface area contributed by atoms with Crippen molar-refractivity contribution < 1.29 is 4.79 Å². The van der Waals surface area contributed by atoms with Crippen molar-refractivity contribution in [3.8, 4) is 0 Å². The van der Waals surface area contributed by atoms with Gasteiger partial charge in [-0.3, -0.25) is 9.78 Å². The molecular weight excluding hydrogens is 288 g/mol. The van der Waals surface area contributed by atoms with E-state index in [0.29, 0.717) is 11.8 Å². The highest BCUT2D eigenvalue weighted by Gasteiger charge is 2.61. The summed E-state index contributed by atoms with van der Waals surface area (Å²) in [7, 11) is 0. The zero-order chi connectivity index (χ0) is 16.6. The lowest BCUT2D eigenvalue weighted by atomic mass is 10.1. The molecule has 1 aromatic rings. The van der Waals surface area contributed by atoms with Gasteiger partial charge in [0.2, 0.25) is 5.91 Å². The summed E-state index contributed by atoms with van der Waals surface area (Å²) in [5, 5.41) is 0. The summed E-state index contributed by atoms with van der Waals surface area (Å²) in [6.07, 6.45) is 7.44. The number of rotatable bonds is 3. The summed E-state index contributed by atoms with van der Waals surface area (Å²) in [6.45, 7) is 11.8. The summed E-state index contributed by atoms with van der Waals surface area (Å²) in [5.41, 5.74) is 1.39. The molecule has 1 amide bonds. The van der Waals surface area contributed by atoms with Crippen molar-refractivity contribution in [2.24, 2.45) is 17.3 Å². The van der Waals surface area contributed by atoms with Crippen LogP contribution < -0.4 is 4.90 Å². The maximum atomic E-state index is 12.9. The highest BCUT2D eigenvalue weighted by Crippen LogP contribution is 2.60. The van der Waals surface area contributed by atoms with Gasteiger partial charge in [0, 0.05) is 38.6 Å². The second kappa shape index (κ2) is 5.95. The van der Waals surface area contributed by atoms with Crippen molar-refractivity contribution in [2.45, 2.75) is 27.7 Å². The van der Waals surface area contributed by atoms with Crippen LogP contribution in [0.25, 0.3) is 0 Å². The summed E-state index contributed by atoms with van der Waals surface area (Å²) in [6, 6.07) is 0. The van der Waals surface area contributed by atoms with Gasteiger partial charge in [-0.05, 0) is 25.2 Å². The zero-order valence-corrected chi connectivity index (χ0v) is 14.5. The van der Waals surface area contributed by atoms with Gasteiger partial charge in [-0.1, -0.05) is 25.5 Å². The molecule has 0 spiro atoms. The fourth-order valence-corrected chi connectivity index (χ4v) is 3.63. The highest BCUT2D eigenvalue weighted by molar-refractivity contribution is 5.84. The van der Waals surface area contributed by atoms with Gasteiger partial charge in [-0.2, -0.15) is 0 Å². The Morgan fingerprint density at radius 3 is 2.48 bits per heavy atom. The Hall–Kier alpha value is -1.91. The van der Waals surface area contributed by atoms with E-state index in [9.17, 15) is 4.79 Å². The molecule has 2 fully saturated rings. The molecule has 1 aromatic heterocycles. The van der Waals surface area contributed by atoms with Gasteiger partial charge in [-0.15, -0.1) is 0 Å². The van der Waals surface area contributed by atoms with Crippen LogP contribution in [0.3, 0.4) is 0 Å². The molecule has 0 N–H and O–H groups in total. The average molecular weight is 314 g/mol. The van der Waals surface area contributed by atoms with Crippen molar-refractivity contribution in [3.05, 3.63) is 30.2 Å². The van der Waals surface area contributed by atoms with Gasteiger partial charge >= 0.3 is 0 Å². The summed E-state index contributed by atoms with van der Waals surface area (Å²) >= 11 is 0. The number of hydrogen-bond acceptors (Lipinski definition) is 4. The van der Waals surface area contributed by atoms with E-state index >= 15 is 0 Å². The molecule has 1 aliphatic heterocycles. The number of piperazine rings is 1. The van der Waals surface area contributed by atoms with Gasteiger partial charge in [0.25, 0.3) is 0 Å². The van der Waals surface area contributed by atoms with Crippen molar-refractivity contribution >= 4 is 11.7 Å². The molecule has 2 atom stereocenters. The molecule has 0 aromatic carbocycles. The Labute approximate surface area is 138 Å². The number of hydrogen-bond donors (Lipinski definition) is 0. The first-order chi connectivity index (χ1) is 10.9. The summed E-state index contributed by atoms with van der Waals surface area (Å²) in [4.78, 5) is 25.5.